The SMILES string of the molecule is Nc1ccc2c(S(=O)(=O)N3C[C@@H](O)[C@@H](O)C3)c[nH]c2c1. The first kappa shape index (κ1) is 13.4. The number of hydrogen-bond donors (Lipinski definition) is 4. The third-order valence-electron chi connectivity index (χ3n) is 3.51. The first-order valence-corrected chi connectivity index (χ1v) is 7.56. The van der Waals surface area contributed by atoms with Crippen LogP contribution >= 0.6 is 0 Å². The molecule has 1 aromatic heterocycles. The van der Waals surface area contributed by atoms with E-state index >= 15 is 0 Å². The summed E-state index contributed by atoms with van der Waals surface area (Å²) in [6.45, 7) is -0.212. The Morgan fingerprint density at radius 2 is 1.90 bits per heavy atom. The van der Waals surface area contributed by atoms with Crippen LogP contribution in [0.1, 0.15) is 0 Å². The Kier molecular flexibility index (Phi) is 2.98. The van der Waals surface area contributed by atoms with Crippen LogP contribution in [0.4, 0.5) is 5.69 Å². The molecule has 7 nitrogen and oxygen atoms in total. The zero-order chi connectivity index (χ0) is 14.5. The van der Waals surface area contributed by atoms with Gasteiger partial charge in [0.15, 0.2) is 0 Å². The molecule has 0 spiro atoms. The third-order valence-corrected chi connectivity index (χ3v) is 5.38. The Morgan fingerprint density at radius 3 is 2.55 bits per heavy atom. The van der Waals surface area contributed by atoms with E-state index in [1.54, 1.807) is 18.2 Å². The van der Waals surface area contributed by atoms with Gasteiger partial charge in [0.1, 0.15) is 4.90 Å². The highest BCUT2D eigenvalue weighted by atomic mass is 32.2. The summed E-state index contributed by atoms with van der Waals surface area (Å²) < 4.78 is 26.2. The van der Waals surface area contributed by atoms with Crippen molar-refractivity contribution in [2.24, 2.45) is 0 Å². The second-order valence-corrected chi connectivity index (χ2v) is 6.82. The molecule has 20 heavy (non-hydrogen) atoms. The monoisotopic (exact) mass is 297 g/mol. The molecule has 8 heteroatoms. The maximum atomic E-state index is 12.5. The van der Waals surface area contributed by atoms with Crippen molar-refractivity contribution in [1.29, 1.82) is 0 Å². The smallest absolute Gasteiger partial charge is 0.245 e. The number of nitrogens with two attached hydrogens (primary N) is 1. The average Bonchev–Trinajstić information content (AvgIpc) is 2.94. The quantitative estimate of drug-likeness (QED) is 0.556. The van der Waals surface area contributed by atoms with E-state index < -0.39 is 22.2 Å². The Balaban J connectivity index is 2.06. The van der Waals surface area contributed by atoms with E-state index in [4.69, 9.17) is 5.73 Å². The molecule has 5 N–H and O–H groups in total. The van der Waals surface area contributed by atoms with Gasteiger partial charge in [0.25, 0.3) is 0 Å². The number of anilines is 1. The lowest BCUT2D eigenvalue weighted by Crippen LogP contribution is -2.29. The Hall–Kier alpha value is -1.61. The van der Waals surface area contributed by atoms with Crippen LogP contribution in [0, 0.1) is 0 Å². The van der Waals surface area contributed by atoms with Crippen LogP contribution in [0.2, 0.25) is 0 Å². The lowest BCUT2D eigenvalue weighted by atomic mass is 10.2. The summed E-state index contributed by atoms with van der Waals surface area (Å²) in [6.07, 6.45) is -0.701. The Bertz CT molecular complexity index is 745. The van der Waals surface area contributed by atoms with E-state index in [9.17, 15) is 18.6 Å². The van der Waals surface area contributed by atoms with Gasteiger partial charge in [-0.1, -0.05) is 0 Å². The molecule has 2 aromatic rings. The van der Waals surface area contributed by atoms with Crippen molar-refractivity contribution in [2.45, 2.75) is 17.1 Å². The molecular weight excluding hydrogens is 282 g/mol. The molecule has 1 saturated heterocycles. The van der Waals surface area contributed by atoms with Crippen molar-refractivity contribution < 1.29 is 18.6 Å². The van der Waals surface area contributed by atoms with Gasteiger partial charge in [0.2, 0.25) is 10.0 Å². The molecule has 0 unspecified atom stereocenters. The van der Waals surface area contributed by atoms with E-state index in [0.717, 1.165) is 4.31 Å². The van der Waals surface area contributed by atoms with Crippen molar-refractivity contribution in [3.8, 4) is 0 Å². The summed E-state index contributed by atoms with van der Waals surface area (Å²) in [5.74, 6) is 0. The van der Waals surface area contributed by atoms with E-state index in [1.807, 2.05) is 0 Å². The fourth-order valence-electron chi connectivity index (χ4n) is 2.40. The maximum absolute atomic E-state index is 12.5. The summed E-state index contributed by atoms with van der Waals surface area (Å²) in [5, 5.41) is 19.5. The number of nitrogens with zero attached hydrogens (tertiary/aromatic N) is 1. The predicted molar refractivity (Wildman–Crippen MR) is 73.5 cm³/mol. The Labute approximate surface area is 115 Å². The number of aliphatic hydroxyl groups excluding tert-OH is 2. The lowest BCUT2D eigenvalue weighted by Gasteiger charge is -2.14. The van der Waals surface area contributed by atoms with Gasteiger partial charge in [-0.05, 0) is 18.2 Å². The van der Waals surface area contributed by atoms with E-state index in [1.165, 1.54) is 6.20 Å². The van der Waals surface area contributed by atoms with E-state index in [-0.39, 0.29) is 18.0 Å². The van der Waals surface area contributed by atoms with Crippen molar-refractivity contribution in [3.05, 3.63) is 24.4 Å². The predicted octanol–water partition coefficient (Wildman–Crippen LogP) is -0.524. The minimum Gasteiger partial charge on any atom is -0.399 e. The van der Waals surface area contributed by atoms with Crippen molar-refractivity contribution in [1.82, 2.24) is 9.29 Å². The lowest BCUT2D eigenvalue weighted by molar-refractivity contribution is 0.0572. The molecule has 0 radical (unpaired) electrons. The number of sulfonamides is 1. The molecule has 0 aliphatic carbocycles. The van der Waals surface area contributed by atoms with Crippen LogP contribution in [-0.2, 0) is 10.0 Å². The number of aromatic amines is 1. The number of rotatable bonds is 2. The van der Waals surface area contributed by atoms with Crippen molar-refractivity contribution >= 4 is 26.6 Å². The Morgan fingerprint density at radius 1 is 1.25 bits per heavy atom. The highest BCUT2D eigenvalue weighted by Gasteiger charge is 2.38. The molecule has 108 valence electrons. The molecule has 1 aromatic carbocycles. The number of nitrogen functional groups attached to an aromatic ring is 1. The average molecular weight is 297 g/mol. The van der Waals surface area contributed by atoms with Gasteiger partial charge in [-0.25, -0.2) is 8.42 Å². The van der Waals surface area contributed by atoms with Gasteiger partial charge in [0.05, 0.1) is 12.2 Å². The normalized spacial score (nSPS) is 24.5. The molecule has 1 aliphatic heterocycles. The van der Waals surface area contributed by atoms with Crippen LogP contribution in [-0.4, -0.2) is 53.2 Å². The standard InChI is InChI=1S/C12H15N3O4S/c13-7-1-2-8-9(3-7)14-4-12(8)20(18,19)15-5-10(16)11(17)6-15/h1-4,10-11,14,16-17H,5-6,13H2/t10-,11+. The van der Waals surface area contributed by atoms with Crippen LogP contribution in [0.3, 0.4) is 0 Å². The molecule has 2 heterocycles. The number of hydrogen-bond acceptors (Lipinski definition) is 5. The fraction of sp³-hybridized carbons (Fsp3) is 0.333. The molecule has 0 saturated carbocycles. The minimum absolute atomic E-state index is 0.106. The zero-order valence-electron chi connectivity index (χ0n) is 10.5. The number of benzene rings is 1. The number of nitrogens with one attached hydrogen (secondary N) is 1. The second-order valence-electron chi connectivity index (χ2n) is 4.91. The van der Waals surface area contributed by atoms with Gasteiger partial charge >= 0.3 is 0 Å². The summed E-state index contributed by atoms with van der Waals surface area (Å²) in [4.78, 5) is 2.99. The molecule has 0 bridgehead atoms. The van der Waals surface area contributed by atoms with Gasteiger partial charge < -0.3 is 20.9 Å². The summed E-state index contributed by atoms with van der Waals surface area (Å²) in [6, 6.07) is 4.92. The maximum Gasteiger partial charge on any atom is 0.245 e. The fourth-order valence-corrected chi connectivity index (χ4v) is 4.04. The van der Waals surface area contributed by atoms with Crippen LogP contribution < -0.4 is 5.73 Å². The number of H-pyrrole nitrogens is 1. The number of aromatic nitrogens is 1. The summed E-state index contributed by atoms with van der Waals surface area (Å²) in [5.41, 5.74) is 6.82. The van der Waals surface area contributed by atoms with Crippen LogP contribution in [0.25, 0.3) is 10.9 Å². The third kappa shape index (κ3) is 1.97. The van der Waals surface area contributed by atoms with E-state index in [0.29, 0.717) is 16.6 Å². The summed E-state index contributed by atoms with van der Waals surface area (Å²) in [7, 11) is -3.76. The van der Waals surface area contributed by atoms with Crippen LogP contribution in [0.15, 0.2) is 29.3 Å². The van der Waals surface area contributed by atoms with Gasteiger partial charge in [0, 0.05) is 35.9 Å². The number of fused-ring (bicyclic) bond motifs is 1. The molecule has 1 aliphatic rings. The summed E-state index contributed by atoms with van der Waals surface area (Å²) >= 11 is 0. The molecular formula is C12H15N3O4S. The highest BCUT2D eigenvalue weighted by Crippen LogP contribution is 2.28. The first-order valence-electron chi connectivity index (χ1n) is 6.12. The molecule has 2 atom stereocenters. The van der Waals surface area contributed by atoms with Gasteiger partial charge in [-0.2, -0.15) is 4.31 Å². The second kappa shape index (κ2) is 4.45. The van der Waals surface area contributed by atoms with E-state index in [2.05, 4.69) is 4.98 Å². The minimum atomic E-state index is -3.76. The highest BCUT2D eigenvalue weighted by molar-refractivity contribution is 7.89. The first-order chi connectivity index (χ1) is 9.39. The van der Waals surface area contributed by atoms with Crippen LogP contribution in [0.5, 0.6) is 0 Å². The molecule has 1 fully saturated rings. The van der Waals surface area contributed by atoms with Crippen molar-refractivity contribution in [3.63, 3.8) is 0 Å². The molecule has 0 amide bonds. The molecule has 3 rings (SSSR count). The van der Waals surface area contributed by atoms with Crippen molar-refractivity contribution in [2.75, 3.05) is 18.8 Å². The van der Waals surface area contributed by atoms with Gasteiger partial charge in [-0.3, -0.25) is 0 Å². The van der Waals surface area contributed by atoms with Gasteiger partial charge in [-0.15, -0.1) is 0 Å². The largest absolute Gasteiger partial charge is 0.399 e. The topological polar surface area (TPSA) is 120 Å². The number of aliphatic hydroxyl groups is 2. The number of β-amino-alcohol motifs (C(OH)–C–C–N with tert-alkyl or cyclic N) is 2. The zero-order valence-corrected chi connectivity index (χ0v) is 11.3.